The molecule has 1 fully saturated rings. The Kier molecular flexibility index (Phi) is 5.02. The molecule has 2 aromatic heterocycles. The smallest absolute Gasteiger partial charge is 0.259 e. The first-order chi connectivity index (χ1) is 13.2. The quantitative estimate of drug-likeness (QED) is 0.766. The van der Waals surface area contributed by atoms with Gasteiger partial charge < -0.3 is 14.4 Å². The molecular formula is C20H22N4O3. The third kappa shape index (κ3) is 3.78. The lowest BCUT2D eigenvalue weighted by Gasteiger charge is -2.24. The zero-order valence-corrected chi connectivity index (χ0v) is 15.2. The molecule has 1 N–H and O–H groups in total. The standard InChI is InChI=1S/C20H22N4O3/c1-26-19-17(3-2-6-21-19)20(25)24-7-8-27-13-15(12-24)9-14-4-5-18-16(10-14)11-22-23-18/h2-6,10-11,15H,7-9,12-13H2,1H3,(H,22,23)/t15-/m0/s1. The van der Waals surface area contributed by atoms with E-state index in [4.69, 9.17) is 9.47 Å². The van der Waals surface area contributed by atoms with Crippen molar-refractivity contribution in [2.75, 3.05) is 33.4 Å². The van der Waals surface area contributed by atoms with Gasteiger partial charge in [0.15, 0.2) is 0 Å². The van der Waals surface area contributed by atoms with Crippen LogP contribution in [0, 0.1) is 5.92 Å². The average Bonchev–Trinajstić information content (AvgIpc) is 3.05. The van der Waals surface area contributed by atoms with Gasteiger partial charge in [0, 0.05) is 30.6 Å². The summed E-state index contributed by atoms with van der Waals surface area (Å²) in [4.78, 5) is 19.0. The highest BCUT2D eigenvalue weighted by Crippen LogP contribution is 2.21. The minimum atomic E-state index is -0.0688. The molecule has 0 aliphatic carbocycles. The summed E-state index contributed by atoms with van der Waals surface area (Å²) in [5, 5.41) is 8.13. The summed E-state index contributed by atoms with van der Waals surface area (Å²) in [5.41, 5.74) is 2.72. The fourth-order valence-corrected chi connectivity index (χ4v) is 3.53. The summed E-state index contributed by atoms with van der Waals surface area (Å²) in [6.45, 7) is 2.37. The van der Waals surface area contributed by atoms with Gasteiger partial charge in [-0.2, -0.15) is 5.10 Å². The Bertz CT molecular complexity index is 940. The summed E-state index contributed by atoms with van der Waals surface area (Å²) in [6.07, 6.45) is 4.29. The van der Waals surface area contributed by atoms with Crippen molar-refractivity contribution in [3.63, 3.8) is 0 Å². The highest BCUT2D eigenvalue weighted by atomic mass is 16.5. The molecule has 0 saturated carbocycles. The normalized spacial score (nSPS) is 17.7. The number of aromatic amines is 1. The number of nitrogens with zero attached hydrogens (tertiary/aromatic N) is 3. The van der Waals surface area contributed by atoms with E-state index in [9.17, 15) is 4.79 Å². The van der Waals surface area contributed by atoms with Crippen molar-refractivity contribution in [2.24, 2.45) is 5.92 Å². The second kappa shape index (κ2) is 7.75. The van der Waals surface area contributed by atoms with Crippen LogP contribution in [0.5, 0.6) is 5.88 Å². The number of pyridine rings is 1. The fourth-order valence-electron chi connectivity index (χ4n) is 3.53. The van der Waals surface area contributed by atoms with E-state index >= 15 is 0 Å². The maximum Gasteiger partial charge on any atom is 0.259 e. The van der Waals surface area contributed by atoms with E-state index in [0.717, 1.165) is 17.3 Å². The molecule has 1 aliphatic rings. The van der Waals surface area contributed by atoms with Gasteiger partial charge in [-0.25, -0.2) is 4.98 Å². The van der Waals surface area contributed by atoms with Gasteiger partial charge in [-0.15, -0.1) is 0 Å². The van der Waals surface area contributed by atoms with Gasteiger partial charge in [0.25, 0.3) is 5.91 Å². The number of H-pyrrole nitrogens is 1. The lowest BCUT2D eigenvalue weighted by Crippen LogP contribution is -2.36. The van der Waals surface area contributed by atoms with Gasteiger partial charge in [0.05, 0.1) is 32.0 Å². The maximum atomic E-state index is 13.0. The summed E-state index contributed by atoms with van der Waals surface area (Å²) in [6, 6.07) is 9.78. The number of aromatic nitrogens is 3. The third-order valence-electron chi connectivity index (χ3n) is 4.85. The Morgan fingerprint density at radius 3 is 3.22 bits per heavy atom. The van der Waals surface area contributed by atoms with Crippen LogP contribution in [0.2, 0.25) is 0 Å². The minimum Gasteiger partial charge on any atom is -0.480 e. The van der Waals surface area contributed by atoms with Gasteiger partial charge in [-0.3, -0.25) is 9.89 Å². The summed E-state index contributed by atoms with van der Waals surface area (Å²) in [5.74, 6) is 0.513. The predicted octanol–water partition coefficient (Wildman–Crippen LogP) is 2.30. The molecule has 27 heavy (non-hydrogen) atoms. The van der Waals surface area contributed by atoms with Crippen molar-refractivity contribution in [1.82, 2.24) is 20.1 Å². The monoisotopic (exact) mass is 366 g/mol. The number of ether oxygens (including phenoxy) is 2. The number of amides is 1. The summed E-state index contributed by atoms with van der Waals surface area (Å²) < 4.78 is 11.0. The van der Waals surface area contributed by atoms with Crippen molar-refractivity contribution in [2.45, 2.75) is 6.42 Å². The van der Waals surface area contributed by atoms with Crippen LogP contribution in [0.1, 0.15) is 15.9 Å². The van der Waals surface area contributed by atoms with Gasteiger partial charge in [0.2, 0.25) is 5.88 Å². The van der Waals surface area contributed by atoms with Gasteiger partial charge in [-0.05, 0) is 36.2 Å². The topological polar surface area (TPSA) is 80.3 Å². The van der Waals surface area contributed by atoms with Crippen LogP contribution < -0.4 is 4.74 Å². The van der Waals surface area contributed by atoms with Gasteiger partial charge in [-0.1, -0.05) is 6.07 Å². The highest BCUT2D eigenvalue weighted by Gasteiger charge is 2.26. The van der Waals surface area contributed by atoms with Crippen LogP contribution >= 0.6 is 0 Å². The number of fused-ring (bicyclic) bond motifs is 1. The average molecular weight is 366 g/mol. The van der Waals surface area contributed by atoms with Crippen LogP contribution in [-0.4, -0.2) is 59.4 Å². The van der Waals surface area contributed by atoms with Gasteiger partial charge >= 0.3 is 0 Å². The lowest BCUT2D eigenvalue weighted by atomic mass is 9.98. The molecule has 0 spiro atoms. The lowest BCUT2D eigenvalue weighted by molar-refractivity contribution is 0.0733. The molecule has 7 heteroatoms. The Labute approximate surface area is 157 Å². The van der Waals surface area contributed by atoms with E-state index in [2.05, 4.69) is 27.3 Å². The number of rotatable bonds is 4. The number of hydrogen-bond acceptors (Lipinski definition) is 5. The Morgan fingerprint density at radius 1 is 1.41 bits per heavy atom. The molecule has 0 radical (unpaired) electrons. The van der Waals surface area contributed by atoms with Crippen LogP contribution in [0.15, 0.2) is 42.7 Å². The van der Waals surface area contributed by atoms with E-state index in [0.29, 0.717) is 37.7 Å². The van der Waals surface area contributed by atoms with Crippen molar-refractivity contribution in [3.05, 3.63) is 53.9 Å². The van der Waals surface area contributed by atoms with E-state index in [-0.39, 0.29) is 11.8 Å². The van der Waals surface area contributed by atoms with Crippen LogP contribution in [-0.2, 0) is 11.2 Å². The fraction of sp³-hybridized carbons (Fsp3) is 0.350. The van der Waals surface area contributed by atoms with Crippen molar-refractivity contribution < 1.29 is 14.3 Å². The molecule has 3 heterocycles. The van der Waals surface area contributed by atoms with Crippen LogP contribution in [0.4, 0.5) is 0 Å². The summed E-state index contributed by atoms with van der Waals surface area (Å²) >= 11 is 0. The molecule has 140 valence electrons. The molecule has 1 saturated heterocycles. The number of methoxy groups -OCH3 is 1. The van der Waals surface area contributed by atoms with Crippen LogP contribution in [0.3, 0.4) is 0 Å². The molecule has 4 rings (SSSR count). The maximum absolute atomic E-state index is 13.0. The van der Waals surface area contributed by atoms with Gasteiger partial charge in [0.1, 0.15) is 5.56 Å². The molecule has 1 aromatic carbocycles. The largest absolute Gasteiger partial charge is 0.480 e. The molecule has 1 amide bonds. The van der Waals surface area contributed by atoms with E-state index in [1.54, 1.807) is 18.3 Å². The molecule has 7 nitrogen and oxygen atoms in total. The first kappa shape index (κ1) is 17.5. The molecule has 1 aliphatic heterocycles. The first-order valence-corrected chi connectivity index (χ1v) is 9.02. The predicted molar refractivity (Wildman–Crippen MR) is 101 cm³/mol. The van der Waals surface area contributed by atoms with Crippen molar-refractivity contribution in [1.29, 1.82) is 0 Å². The Morgan fingerprint density at radius 2 is 2.33 bits per heavy atom. The molecule has 1 atom stereocenters. The van der Waals surface area contributed by atoms with Crippen molar-refractivity contribution >= 4 is 16.8 Å². The van der Waals surface area contributed by atoms with Crippen LogP contribution in [0.25, 0.3) is 10.9 Å². The Hall–Kier alpha value is -2.93. The number of carbonyl (C=O) groups excluding carboxylic acids is 1. The number of nitrogens with one attached hydrogen (secondary N) is 1. The first-order valence-electron chi connectivity index (χ1n) is 9.02. The van der Waals surface area contributed by atoms with Crippen molar-refractivity contribution in [3.8, 4) is 5.88 Å². The van der Waals surface area contributed by atoms with E-state index < -0.39 is 0 Å². The van der Waals surface area contributed by atoms with E-state index in [1.165, 1.54) is 12.7 Å². The number of hydrogen-bond donors (Lipinski definition) is 1. The SMILES string of the molecule is COc1ncccc1C(=O)N1CCOC[C@@H](Cc2ccc3[nH]ncc3c2)C1. The molecule has 0 bridgehead atoms. The second-order valence-electron chi connectivity index (χ2n) is 6.75. The molecular weight excluding hydrogens is 344 g/mol. The Balaban J connectivity index is 1.50. The molecule has 0 unspecified atom stereocenters. The summed E-state index contributed by atoms with van der Waals surface area (Å²) in [7, 11) is 1.53. The van der Waals surface area contributed by atoms with E-state index in [1.807, 2.05) is 17.2 Å². The number of carbonyl (C=O) groups is 1. The highest BCUT2D eigenvalue weighted by molar-refractivity contribution is 5.96. The minimum absolute atomic E-state index is 0.0688. The third-order valence-corrected chi connectivity index (χ3v) is 4.85. The number of benzene rings is 1. The zero-order chi connectivity index (χ0) is 18.6. The second-order valence-corrected chi connectivity index (χ2v) is 6.75. The molecule has 3 aromatic rings. The zero-order valence-electron chi connectivity index (χ0n) is 15.2.